The van der Waals surface area contributed by atoms with Crippen LogP contribution in [0.15, 0.2) is 54.0 Å². The summed E-state index contributed by atoms with van der Waals surface area (Å²) in [4.78, 5) is 26.6. The van der Waals surface area contributed by atoms with Gasteiger partial charge in [-0.15, -0.1) is 6.58 Å². The number of hydrogen-bond acceptors (Lipinski definition) is 6. The summed E-state index contributed by atoms with van der Waals surface area (Å²) in [6.45, 7) is 8.26. The second-order valence-corrected chi connectivity index (χ2v) is 7.94. The van der Waals surface area contributed by atoms with Crippen molar-refractivity contribution in [2.24, 2.45) is 0 Å². The second-order valence-electron chi connectivity index (χ2n) is 6.95. The van der Waals surface area contributed by atoms with Gasteiger partial charge in [0.25, 0.3) is 11.1 Å². The van der Waals surface area contributed by atoms with Gasteiger partial charge in [-0.05, 0) is 73.5 Å². The Bertz CT molecular complexity index is 1030. The Morgan fingerprint density at radius 1 is 1.19 bits per heavy atom. The Morgan fingerprint density at radius 3 is 2.71 bits per heavy atom. The van der Waals surface area contributed by atoms with Gasteiger partial charge in [0.05, 0.1) is 18.1 Å². The molecule has 1 aliphatic heterocycles. The molecular weight excluding hydrogens is 414 g/mol. The summed E-state index contributed by atoms with van der Waals surface area (Å²) in [6, 6.07) is 11.0. The largest absolute Gasteiger partial charge is 0.504 e. The number of imide groups is 1. The molecule has 2 amide bonds. The van der Waals surface area contributed by atoms with Gasteiger partial charge in [0.2, 0.25) is 0 Å². The van der Waals surface area contributed by atoms with E-state index in [4.69, 9.17) is 9.47 Å². The van der Waals surface area contributed by atoms with E-state index >= 15 is 0 Å². The van der Waals surface area contributed by atoms with Crippen molar-refractivity contribution in [3.8, 4) is 17.2 Å². The van der Waals surface area contributed by atoms with E-state index in [0.29, 0.717) is 40.6 Å². The highest BCUT2D eigenvalue weighted by molar-refractivity contribution is 8.18. The first-order chi connectivity index (χ1) is 14.9. The van der Waals surface area contributed by atoms with Crippen LogP contribution in [0.2, 0.25) is 0 Å². The van der Waals surface area contributed by atoms with E-state index in [1.54, 1.807) is 24.3 Å². The van der Waals surface area contributed by atoms with E-state index < -0.39 is 0 Å². The summed E-state index contributed by atoms with van der Waals surface area (Å²) in [5.74, 6) is 0.725. The van der Waals surface area contributed by atoms with Crippen molar-refractivity contribution in [1.29, 1.82) is 0 Å². The molecule has 0 aromatic heterocycles. The van der Waals surface area contributed by atoms with Crippen molar-refractivity contribution < 1.29 is 24.2 Å². The number of phenols is 1. The minimum Gasteiger partial charge on any atom is -0.504 e. The van der Waals surface area contributed by atoms with Gasteiger partial charge >= 0.3 is 0 Å². The maximum Gasteiger partial charge on any atom is 0.293 e. The van der Waals surface area contributed by atoms with Crippen LogP contribution in [-0.2, 0) is 11.2 Å². The number of thioether (sulfide) groups is 1. The average molecular weight is 440 g/mol. The summed E-state index contributed by atoms with van der Waals surface area (Å²) in [5.41, 5.74) is 2.38. The second kappa shape index (κ2) is 10.2. The standard InChI is InChI=1S/C24H25NO5S/c1-4-7-18-13-17(14-20(22(18)26)29-5-2)15-21-23(27)25(24(28)31-21)10-11-30-19-9-6-8-16(3)12-19/h4,6,8-9,12-15,26H,1,5,7,10-11H2,2-3H3/b21-15-. The molecule has 1 N–H and O–H groups in total. The van der Waals surface area contributed by atoms with Gasteiger partial charge in [0, 0.05) is 5.56 Å². The molecule has 6 nitrogen and oxygen atoms in total. The van der Waals surface area contributed by atoms with Crippen LogP contribution in [0.3, 0.4) is 0 Å². The van der Waals surface area contributed by atoms with Crippen LogP contribution >= 0.6 is 11.8 Å². The third-order valence-electron chi connectivity index (χ3n) is 4.58. The number of hydrogen-bond donors (Lipinski definition) is 1. The predicted molar refractivity (Wildman–Crippen MR) is 123 cm³/mol. The Kier molecular flexibility index (Phi) is 7.41. The van der Waals surface area contributed by atoms with Gasteiger partial charge in [-0.2, -0.15) is 0 Å². The topological polar surface area (TPSA) is 76.1 Å². The highest BCUT2D eigenvalue weighted by Gasteiger charge is 2.34. The molecule has 2 aromatic rings. The van der Waals surface area contributed by atoms with E-state index in [0.717, 1.165) is 17.3 Å². The molecule has 2 aromatic carbocycles. The lowest BCUT2D eigenvalue weighted by Gasteiger charge is -2.13. The van der Waals surface area contributed by atoms with Gasteiger partial charge in [0.15, 0.2) is 11.5 Å². The van der Waals surface area contributed by atoms with Gasteiger partial charge in [-0.3, -0.25) is 14.5 Å². The van der Waals surface area contributed by atoms with Crippen molar-refractivity contribution in [2.75, 3.05) is 19.8 Å². The summed E-state index contributed by atoms with van der Waals surface area (Å²) < 4.78 is 11.2. The van der Waals surface area contributed by atoms with E-state index in [9.17, 15) is 14.7 Å². The summed E-state index contributed by atoms with van der Waals surface area (Å²) in [7, 11) is 0. The SMILES string of the molecule is C=CCc1cc(/C=C2\SC(=O)N(CCOc3cccc(C)c3)C2=O)cc(OCC)c1O. The van der Waals surface area contributed by atoms with E-state index in [2.05, 4.69) is 6.58 Å². The molecule has 1 aliphatic rings. The lowest BCUT2D eigenvalue weighted by molar-refractivity contribution is -0.123. The smallest absolute Gasteiger partial charge is 0.293 e. The third-order valence-corrected chi connectivity index (χ3v) is 5.49. The maximum absolute atomic E-state index is 12.8. The Hall–Kier alpha value is -3.19. The number of amides is 2. The predicted octanol–water partition coefficient (Wildman–Crippen LogP) is 4.94. The molecule has 162 valence electrons. The molecule has 0 radical (unpaired) electrons. The monoisotopic (exact) mass is 439 g/mol. The Balaban J connectivity index is 1.74. The van der Waals surface area contributed by atoms with Crippen molar-refractivity contribution in [3.05, 3.63) is 70.6 Å². The summed E-state index contributed by atoms with van der Waals surface area (Å²) in [5, 5.41) is 10.0. The van der Waals surface area contributed by atoms with E-state index in [1.807, 2.05) is 38.1 Å². The number of carbonyl (C=O) groups excluding carboxylic acids is 2. The quantitative estimate of drug-likeness (QED) is 0.440. The zero-order valence-electron chi connectivity index (χ0n) is 17.6. The van der Waals surface area contributed by atoms with Crippen LogP contribution in [-0.4, -0.2) is 40.9 Å². The number of benzene rings is 2. The normalized spacial score (nSPS) is 14.9. The van der Waals surface area contributed by atoms with Crippen molar-refractivity contribution in [1.82, 2.24) is 4.90 Å². The summed E-state index contributed by atoms with van der Waals surface area (Å²) >= 11 is 0.887. The lowest BCUT2D eigenvalue weighted by Crippen LogP contribution is -2.32. The van der Waals surface area contributed by atoms with Crippen molar-refractivity contribution in [2.45, 2.75) is 20.3 Å². The first kappa shape index (κ1) is 22.5. The Morgan fingerprint density at radius 2 is 2.00 bits per heavy atom. The first-order valence-corrected chi connectivity index (χ1v) is 10.8. The first-order valence-electron chi connectivity index (χ1n) is 9.97. The average Bonchev–Trinajstić information content (AvgIpc) is 2.99. The van der Waals surface area contributed by atoms with Crippen molar-refractivity contribution >= 4 is 29.0 Å². The van der Waals surface area contributed by atoms with E-state index in [-0.39, 0.29) is 30.0 Å². The van der Waals surface area contributed by atoms with E-state index in [1.165, 1.54) is 4.90 Å². The van der Waals surface area contributed by atoms with Crippen LogP contribution in [0, 0.1) is 6.92 Å². The van der Waals surface area contributed by atoms with Gasteiger partial charge in [-0.1, -0.05) is 18.2 Å². The Labute approximate surface area is 186 Å². The number of allylic oxidation sites excluding steroid dienone is 1. The fourth-order valence-electron chi connectivity index (χ4n) is 3.15. The fourth-order valence-corrected chi connectivity index (χ4v) is 4.02. The molecule has 0 aliphatic carbocycles. The highest BCUT2D eigenvalue weighted by Crippen LogP contribution is 2.36. The molecule has 31 heavy (non-hydrogen) atoms. The number of carbonyl (C=O) groups is 2. The van der Waals surface area contributed by atoms with Crippen LogP contribution in [0.25, 0.3) is 6.08 Å². The summed E-state index contributed by atoms with van der Waals surface area (Å²) in [6.07, 6.45) is 3.77. The maximum atomic E-state index is 12.8. The molecular formula is C24H25NO5S. The number of rotatable bonds is 9. The molecule has 0 unspecified atom stereocenters. The molecule has 1 saturated heterocycles. The minimum absolute atomic E-state index is 0.0558. The molecule has 7 heteroatoms. The van der Waals surface area contributed by atoms with Gasteiger partial charge < -0.3 is 14.6 Å². The number of phenolic OH excluding ortho intramolecular Hbond substituents is 1. The zero-order chi connectivity index (χ0) is 22.4. The number of nitrogens with zero attached hydrogens (tertiary/aromatic N) is 1. The molecule has 0 saturated carbocycles. The fraction of sp³-hybridized carbons (Fsp3) is 0.250. The molecule has 1 fully saturated rings. The molecule has 0 atom stereocenters. The number of ether oxygens (including phenoxy) is 2. The third kappa shape index (κ3) is 5.49. The van der Waals surface area contributed by atoms with Crippen molar-refractivity contribution in [3.63, 3.8) is 0 Å². The number of aryl methyl sites for hydroxylation is 1. The number of aromatic hydroxyl groups is 1. The van der Waals surface area contributed by atoms with Crippen LogP contribution in [0.1, 0.15) is 23.6 Å². The minimum atomic E-state index is -0.362. The molecule has 3 rings (SSSR count). The molecule has 0 spiro atoms. The van der Waals surface area contributed by atoms with Crippen LogP contribution in [0.5, 0.6) is 17.2 Å². The molecule has 0 bridgehead atoms. The zero-order valence-corrected chi connectivity index (χ0v) is 18.4. The molecule has 1 heterocycles. The van der Waals surface area contributed by atoms with Gasteiger partial charge in [0.1, 0.15) is 12.4 Å². The van der Waals surface area contributed by atoms with Gasteiger partial charge in [-0.25, -0.2) is 0 Å². The van der Waals surface area contributed by atoms with Crippen LogP contribution < -0.4 is 9.47 Å². The highest BCUT2D eigenvalue weighted by atomic mass is 32.2. The van der Waals surface area contributed by atoms with Crippen LogP contribution in [0.4, 0.5) is 4.79 Å². The lowest BCUT2D eigenvalue weighted by atomic mass is 10.1.